The molecule has 1 aliphatic carbocycles. The lowest BCUT2D eigenvalue weighted by molar-refractivity contribution is 0.365. The molecular formula is C18H20FN. The molecule has 2 aromatic carbocycles. The lowest BCUT2D eigenvalue weighted by Gasteiger charge is -2.38. The second-order valence-electron chi connectivity index (χ2n) is 5.80. The summed E-state index contributed by atoms with van der Waals surface area (Å²) in [7, 11) is 0. The van der Waals surface area contributed by atoms with Crippen LogP contribution in [0.3, 0.4) is 0 Å². The molecule has 3 rings (SSSR count). The zero-order valence-corrected chi connectivity index (χ0v) is 11.6. The summed E-state index contributed by atoms with van der Waals surface area (Å²) in [6.07, 6.45) is 4.18. The molecule has 0 saturated carbocycles. The van der Waals surface area contributed by atoms with Gasteiger partial charge in [-0.05, 0) is 54.5 Å². The Bertz CT molecular complexity index is 608. The Balaban J connectivity index is 2.00. The van der Waals surface area contributed by atoms with E-state index in [1.807, 2.05) is 6.07 Å². The number of benzene rings is 2. The molecule has 2 N–H and O–H groups in total. The number of aryl methyl sites for hydroxylation is 1. The smallest absolute Gasteiger partial charge is 0.123 e. The molecule has 1 aliphatic rings. The molecule has 2 heteroatoms. The SMILES string of the molecule is NCC1(Cc2cccc(F)c2)CCCc2ccccc21. The van der Waals surface area contributed by atoms with Crippen molar-refractivity contribution in [3.63, 3.8) is 0 Å². The Hall–Kier alpha value is -1.67. The zero-order chi connectivity index (χ0) is 14.0. The van der Waals surface area contributed by atoms with E-state index < -0.39 is 0 Å². The highest BCUT2D eigenvalue weighted by molar-refractivity contribution is 5.39. The molecular weight excluding hydrogens is 249 g/mol. The van der Waals surface area contributed by atoms with Gasteiger partial charge in [-0.15, -0.1) is 0 Å². The minimum absolute atomic E-state index is 0.0391. The van der Waals surface area contributed by atoms with E-state index in [0.717, 1.165) is 31.2 Å². The van der Waals surface area contributed by atoms with Crippen molar-refractivity contribution in [2.75, 3.05) is 6.54 Å². The summed E-state index contributed by atoms with van der Waals surface area (Å²) in [4.78, 5) is 0. The molecule has 0 radical (unpaired) electrons. The number of nitrogens with two attached hydrogens (primary N) is 1. The van der Waals surface area contributed by atoms with Gasteiger partial charge in [0.2, 0.25) is 0 Å². The van der Waals surface area contributed by atoms with Crippen molar-refractivity contribution in [3.8, 4) is 0 Å². The van der Waals surface area contributed by atoms with E-state index in [1.165, 1.54) is 17.2 Å². The topological polar surface area (TPSA) is 26.0 Å². The fraction of sp³-hybridized carbons (Fsp3) is 0.333. The molecule has 104 valence electrons. The minimum atomic E-state index is -0.168. The highest BCUT2D eigenvalue weighted by atomic mass is 19.1. The van der Waals surface area contributed by atoms with Crippen molar-refractivity contribution in [2.24, 2.45) is 5.73 Å². The summed E-state index contributed by atoms with van der Waals surface area (Å²) < 4.78 is 13.4. The molecule has 0 fully saturated rings. The number of hydrogen-bond donors (Lipinski definition) is 1. The van der Waals surface area contributed by atoms with Crippen molar-refractivity contribution in [1.29, 1.82) is 0 Å². The van der Waals surface area contributed by atoms with E-state index in [0.29, 0.717) is 6.54 Å². The largest absolute Gasteiger partial charge is 0.330 e. The number of rotatable bonds is 3. The quantitative estimate of drug-likeness (QED) is 0.905. The maximum atomic E-state index is 13.4. The molecule has 1 atom stereocenters. The van der Waals surface area contributed by atoms with Crippen LogP contribution in [0.15, 0.2) is 48.5 Å². The van der Waals surface area contributed by atoms with E-state index in [9.17, 15) is 4.39 Å². The van der Waals surface area contributed by atoms with Crippen LogP contribution in [0.25, 0.3) is 0 Å². The van der Waals surface area contributed by atoms with Crippen LogP contribution in [0, 0.1) is 5.82 Å². The van der Waals surface area contributed by atoms with Crippen molar-refractivity contribution in [2.45, 2.75) is 31.1 Å². The number of fused-ring (bicyclic) bond motifs is 1. The Morgan fingerprint density at radius 1 is 1.10 bits per heavy atom. The second-order valence-corrected chi connectivity index (χ2v) is 5.80. The van der Waals surface area contributed by atoms with E-state index in [1.54, 1.807) is 12.1 Å². The maximum absolute atomic E-state index is 13.4. The molecule has 1 unspecified atom stereocenters. The Labute approximate surface area is 119 Å². The minimum Gasteiger partial charge on any atom is -0.330 e. The van der Waals surface area contributed by atoms with Crippen LogP contribution < -0.4 is 5.73 Å². The highest BCUT2D eigenvalue weighted by Crippen LogP contribution is 2.39. The third kappa shape index (κ3) is 2.36. The van der Waals surface area contributed by atoms with E-state index in [4.69, 9.17) is 5.73 Å². The van der Waals surface area contributed by atoms with Crippen molar-refractivity contribution >= 4 is 0 Å². The molecule has 0 bridgehead atoms. The van der Waals surface area contributed by atoms with Gasteiger partial charge in [-0.2, -0.15) is 0 Å². The van der Waals surface area contributed by atoms with Crippen LogP contribution in [-0.4, -0.2) is 6.54 Å². The van der Waals surface area contributed by atoms with Crippen LogP contribution in [0.5, 0.6) is 0 Å². The zero-order valence-electron chi connectivity index (χ0n) is 11.6. The average molecular weight is 269 g/mol. The van der Waals surface area contributed by atoms with E-state index >= 15 is 0 Å². The molecule has 0 aromatic heterocycles. The van der Waals surface area contributed by atoms with Gasteiger partial charge in [0.05, 0.1) is 0 Å². The van der Waals surface area contributed by atoms with Crippen LogP contribution in [-0.2, 0) is 18.3 Å². The standard InChI is InChI=1S/C18H20FN/c19-16-8-3-5-14(11-16)12-18(13-20)10-4-7-15-6-1-2-9-17(15)18/h1-3,5-6,8-9,11H,4,7,10,12-13,20H2. The molecule has 0 saturated heterocycles. The van der Waals surface area contributed by atoms with Crippen LogP contribution in [0.1, 0.15) is 29.5 Å². The predicted octanol–water partition coefficient (Wildman–Crippen LogP) is 3.60. The summed E-state index contributed by atoms with van der Waals surface area (Å²) in [6, 6.07) is 15.5. The average Bonchev–Trinajstić information content (AvgIpc) is 2.47. The Morgan fingerprint density at radius 2 is 1.95 bits per heavy atom. The first kappa shape index (κ1) is 13.3. The number of halogens is 1. The summed E-state index contributed by atoms with van der Waals surface area (Å²) in [6.45, 7) is 0.612. The third-order valence-electron chi connectivity index (χ3n) is 4.51. The van der Waals surface area contributed by atoms with Crippen molar-refractivity contribution in [3.05, 3.63) is 71.0 Å². The summed E-state index contributed by atoms with van der Waals surface area (Å²) >= 11 is 0. The molecule has 0 spiro atoms. The van der Waals surface area contributed by atoms with Gasteiger partial charge in [0.15, 0.2) is 0 Å². The fourth-order valence-corrected chi connectivity index (χ4v) is 3.51. The van der Waals surface area contributed by atoms with Gasteiger partial charge in [0, 0.05) is 12.0 Å². The van der Waals surface area contributed by atoms with Gasteiger partial charge in [0.25, 0.3) is 0 Å². The number of hydrogen-bond acceptors (Lipinski definition) is 1. The van der Waals surface area contributed by atoms with Gasteiger partial charge in [-0.25, -0.2) is 4.39 Å². The lowest BCUT2D eigenvalue weighted by Crippen LogP contribution is -2.40. The van der Waals surface area contributed by atoms with E-state index in [2.05, 4.69) is 24.3 Å². The molecule has 20 heavy (non-hydrogen) atoms. The summed E-state index contributed by atoms with van der Waals surface area (Å²) in [5, 5.41) is 0. The molecule has 0 amide bonds. The second kappa shape index (κ2) is 5.37. The van der Waals surface area contributed by atoms with Crippen molar-refractivity contribution < 1.29 is 4.39 Å². The van der Waals surface area contributed by atoms with Crippen LogP contribution >= 0.6 is 0 Å². The normalized spacial score (nSPS) is 21.5. The van der Waals surface area contributed by atoms with Gasteiger partial charge < -0.3 is 5.73 Å². The third-order valence-corrected chi connectivity index (χ3v) is 4.51. The molecule has 2 aromatic rings. The monoisotopic (exact) mass is 269 g/mol. The summed E-state index contributed by atoms with van der Waals surface area (Å²) in [5.41, 5.74) is 9.90. The summed E-state index contributed by atoms with van der Waals surface area (Å²) in [5.74, 6) is -0.168. The van der Waals surface area contributed by atoms with Gasteiger partial charge >= 0.3 is 0 Å². The maximum Gasteiger partial charge on any atom is 0.123 e. The Morgan fingerprint density at radius 3 is 2.75 bits per heavy atom. The van der Waals surface area contributed by atoms with Crippen molar-refractivity contribution in [1.82, 2.24) is 0 Å². The van der Waals surface area contributed by atoms with Crippen LogP contribution in [0.4, 0.5) is 4.39 Å². The molecule has 0 aliphatic heterocycles. The fourth-order valence-electron chi connectivity index (χ4n) is 3.51. The Kier molecular flexibility index (Phi) is 3.58. The van der Waals surface area contributed by atoms with Gasteiger partial charge in [-0.3, -0.25) is 0 Å². The molecule has 1 nitrogen and oxygen atoms in total. The first-order valence-corrected chi connectivity index (χ1v) is 7.26. The van der Waals surface area contributed by atoms with Gasteiger partial charge in [0.1, 0.15) is 5.82 Å². The predicted molar refractivity (Wildman–Crippen MR) is 80.2 cm³/mol. The first-order chi connectivity index (χ1) is 9.73. The van der Waals surface area contributed by atoms with Crippen LogP contribution in [0.2, 0.25) is 0 Å². The lowest BCUT2D eigenvalue weighted by atomic mass is 9.67. The van der Waals surface area contributed by atoms with Gasteiger partial charge in [-0.1, -0.05) is 36.4 Å². The molecule has 0 heterocycles. The highest BCUT2D eigenvalue weighted by Gasteiger charge is 2.35. The first-order valence-electron chi connectivity index (χ1n) is 7.26. The van der Waals surface area contributed by atoms with E-state index in [-0.39, 0.29) is 11.2 Å².